The number of aromatic hydroxyl groups is 3. The summed E-state index contributed by atoms with van der Waals surface area (Å²) in [6, 6.07) is 0. The highest BCUT2D eigenvalue weighted by Crippen LogP contribution is 2.60. The number of Topliss-reactive ketones (excluding diaryl/α,β-unsaturated/α-hetero) is 1. The van der Waals surface area contributed by atoms with E-state index < -0.39 is 69.5 Å². The van der Waals surface area contributed by atoms with Gasteiger partial charge in [-0.15, -0.1) is 23.5 Å². The third-order valence-corrected chi connectivity index (χ3v) is 14.7. The average molecular weight is 842 g/mol. The van der Waals surface area contributed by atoms with E-state index in [0.717, 1.165) is 11.5 Å². The number of hydrogen-bond acceptors (Lipinski definition) is 14. The van der Waals surface area contributed by atoms with Gasteiger partial charge in [-0.1, -0.05) is 45.9 Å². The number of nitrogens with one attached hydrogen (secondary N) is 1. The van der Waals surface area contributed by atoms with Crippen molar-refractivity contribution in [2.45, 2.75) is 110 Å². The number of rotatable bonds is 3. The van der Waals surface area contributed by atoms with Crippen LogP contribution in [0.4, 0.5) is 5.69 Å². The molecule has 2 saturated heterocycles. The van der Waals surface area contributed by atoms with Gasteiger partial charge in [0.15, 0.2) is 11.5 Å². The number of fused-ring (bicyclic) bond motifs is 10. The number of allylic oxidation sites excluding steroid dienone is 2. The summed E-state index contributed by atoms with van der Waals surface area (Å²) in [6.07, 6.45) is 6.16. The lowest BCUT2D eigenvalue weighted by molar-refractivity contribution is -0.336. The maximum atomic E-state index is 14.5. The lowest BCUT2D eigenvalue weighted by Gasteiger charge is -2.50. The molecule has 0 aliphatic carbocycles. The van der Waals surface area contributed by atoms with E-state index in [0.29, 0.717) is 5.57 Å². The molecule has 5 aliphatic rings. The van der Waals surface area contributed by atoms with Gasteiger partial charge in [-0.3, -0.25) is 14.4 Å². The largest absolute Gasteiger partial charge is 0.507 e. The van der Waals surface area contributed by atoms with Gasteiger partial charge >= 0.3 is 11.8 Å². The highest BCUT2D eigenvalue weighted by atomic mass is 32.2. The van der Waals surface area contributed by atoms with Crippen molar-refractivity contribution in [3.63, 3.8) is 0 Å². The van der Waals surface area contributed by atoms with Crippen LogP contribution in [0.25, 0.3) is 10.8 Å². The van der Waals surface area contributed by atoms with Crippen molar-refractivity contribution in [3.05, 3.63) is 52.8 Å². The molecular weight excluding hydrogens is 787 g/mol. The number of carbonyl (C=O) groups is 3. The maximum absolute atomic E-state index is 14.5. The fourth-order valence-electron chi connectivity index (χ4n) is 8.59. The van der Waals surface area contributed by atoms with Gasteiger partial charge in [0, 0.05) is 78.2 Å². The summed E-state index contributed by atoms with van der Waals surface area (Å²) < 4.78 is 36.8. The van der Waals surface area contributed by atoms with Gasteiger partial charge in [-0.05, 0) is 33.8 Å². The Bertz CT molecular complexity index is 2070. The molecule has 4 N–H and O–H groups in total. The van der Waals surface area contributed by atoms with Gasteiger partial charge < -0.3 is 49.1 Å². The number of methoxy groups -OCH3 is 1. The number of hydrogen-bond donors (Lipinski definition) is 4. The summed E-state index contributed by atoms with van der Waals surface area (Å²) in [4.78, 5) is 40.9. The molecule has 5 heterocycles. The van der Waals surface area contributed by atoms with Crippen molar-refractivity contribution in [1.29, 1.82) is 0 Å². The van der Waals surface area contributed by atoms with E-state index in [-0.39, 0.29) is 68.5 Å². The summed E-state index contributed by atoms with van der Waals surface area (Å²) in [5, 5.41) is 38.2. The molecule has 58 heavy (non-hydrogen) atoms. The predicted octanol–water partition coefficient (Wildman–Crippen LogP) is 8.03. The Morgan fingerprint density at radius 1 is 0.897 bits per heavy atom. The second-order valence-corrected chi connectivity index (χ2v) is 19.0. The Labute approximate surface area is 347 Å². The van der Waals surface area contributed by atoms with Gasteiger partial charge in [0.05, 0.1) is 45.8 Å². The van der Waals surface area contributed by atoms with Crippen molar-refractivity contribution < 1.29 is 58.1 Å². The van der Waals surface area contributed by atoms with Crippen LogP contribution in [0.2, 0.25) is 0 Å². The zero-order valence-electron chi connectivity index (χ0n) is 34.8. The highest BCUT2D eigenvalue weighted by Gasteiger charge is 2.51. The maximum Gasteiger partial charge on any atom is 0.312 e. The molecule has 2 aromatic rings. The van der Waals surface area contributed by atoms with Gasteiger partial charge in [-0.2, -0.15) is 0 Å². The first-order chi connectivity index (χ1) is 27.2. The molecule has 2 aromatic carbocycles. The van der Waals surface area contributed by atoms with Crippen molar-refractivity contribution in [1.82, 2.24) is 0 Å². The van der Waals surface area contributed by atoms with E-state index in [9.17, 15) is 29.7 Å². The van der Waals surface area contributed by atoms with Crippen molar-refractivity contribution in [2.24, 2.45) is 23.7 Å². The topological polar surface area (TPSA) is 179 Å². The number of ketones is 1. The van der Waals surface area contributed by atoms with E-state index in [2.05, 4.69) is 5.32 Å². The monoisotopic (exact) mass is 841 g/mol. The number of benzene rings is 2. The molecule has 7 rings (SSSR count). The summed E-state index contributed by atoms with van der Waals surface area (Å²) in [6.45, 7) is 17.5. The zero-order valence-corrected chi connectivity index (χ0v) is 36.5. The van der Waals surface area contributed by atoms with E-state index >= 15 is 0 Å². The molecule has 15 heteroatoms. The molecule has 0 radical (unpaired) electrons. The van der Waals surface area contributed by atoms with Gasteiger partial charge in [0.2, 0.25) is 0 Å². The van der Waals surface area contributed by atoms with Crippen molar-refractivity contribution in [2.75, 3.05) is 23.9 Å². The molecule has 0 aromatic heterocycles. The van der Waals surface area contributed by atoms with E-state index in [4.69, 9.17) is 28.4 Å². The van der Waals surface area contributed by atoms with E-state index in [1.54, 1.807) is 25.2 Å². The molecule has 0 saturated carbocycles. The molecule has 9 unspecified atom stereocenters. The molecule has 13 nitrogen and oxygen atoms in total. The first-order valence-electron chi connectivity index (χ1n) is 19.5. The highest BCUT2D eigenvalue weighted by molar-refractivity contribution is 8.19. The summed E-state index contributed by atoms with van der Waals surface area (Å²) in [5.74, 6) is -5.60. The zero-order chi connectivity index (χ0) is 42.6. The number of esters is 1. The molecular formula is C43H55NO12S2. The lowest BCUT2D eigenvalue weighted by atomic mass is 9.77. The molecule has 5 aliphatic heterocycles. The van der Waals surface area contributed by atoms with Gasteiger partial charge in [-0.25, -0.2) is 0 Å². The predicted molar refractivity (Wildman–Crippen MR) is 223 cm³/mol. The van der Waals surface area contributed by atoms with E-state index in [1.165, 1.54) is 57.7 Å². The number of thioether (sulfide) groups is 2. The number of anilines is 1. The number of carbonyl (C=O) groups excluding carboxylic acids is 3. The van der Waals surface area contributed by atoms with Crippen LogP contribution in [-0.4, -0.2) is 87.6 Å². The normalized spacial score (nSPS) is 32.4. The van der Waals surface area contributed by atoms with Crippen LogP contribution in [0.1, 0.15) is 88.4 Å². The fraction of sp³-hybridized carbons (Fsp3) is 0.558. The first kappa shape index (κ1) is 43.7. The standard InChI is InChI=1S/C43H55NO12S2/c1-19-13-12-14-20(2)40(50)44-31-30(41-57-17-18-58-41)33(47)27-28(34(31)48)32(46)22(4)38-29(27)39(49)43(10,56-38)52-16-15-26(51-11)21(3)36(53-25(7)45)24(6)37-23(5)35(19)54-42(8,9)55-37/h12-16,19,21,23-24,26,35-37,41,46-48H,17-18H2,1-11H3,(H,44,50)/b13-12-,16-15?,20-14?. The SMILES string of the molecule is COC1C=COC2(C)Oc3c(C)c(O)c4c(O)c(c(C5SCCS5)c(O)c4c3C2=O)NC(=O)C(C)=C/C=C\C(C)C2OC(C)(C)OC(C2C)C(C)C(OC(C)=O)C1C. The van der Waals surface area contributed by atoms with Crippen LogP contribution in [0, 0.1) is 30.6 Å². The number of phenols is 3. The van der Waals surface area contributed by atoms with Gasteiger partial charge in [0.25, 0.3) is 11.7 Å². The summed E-state index contributed by atoms with van der Waals surface area (Å²) >= 11 is 3.03. The minimum absolute atomic E-state index is 0.0207. The lowest BCUT2D eigenvalue weighted by Crippen LogP contribution is -2.56. The molecule has 2 fully saturated rings. The quantitative estimate of drug-likeness (QED) is 0.133. The molecule has 316 valence electrons. The smallest absolute Gasteiger partial charge is 0.312 e. The average Bonchev–Trinajstić information content (AvgIpc) is 3.79. The van der Waals surface area contributed by atoms with Crippen LogP contribution < -0.4 is 10.1 Å². The van der Waals surface area contributed by atoms with Crippen molar-refractivity contribution in [3.8, 4) is 23.0 Å². The minimum atomic E-state index is -1.97. The van der Waals surface area contributed by atoms with Gasteiger partial charge in [0.1, 0.15) is 23.4 Å². The van der Waals surface area contributed by atoms with Crippen LogP contribution in [0.5, 0.6) is 23.0 Å². The molecule has 7 bridgehead atoms. The molecule has 0 spiro atoms. The number of amides is 1. The Morgan fingerprint density at radius 2 is 1.55 bits per heavy atom. The number of phenolic OH excluding ortho intramolecular Hbond substituents is 3. The number of ether oxygens (including phenoxy) is 6. The Morgan fingerprint density at radius 3 is 2.19 bits per heavy atom. The van der Waals surface area contributed by atoms with Crippen LogP contribution in [0.3, 0.4) is 0 Å². The first-order valence-corrected chi connectivity index (χ1v) is 21.6. The Balaban J connectivity index is 1.53. The van der Waals surface area contributed by atoms with Crippen molar-refractivity contribution >= 4 is 57.6 Å². The third-order valence-electron chi connectivity index (χ3n) is 11.6. The third kappa shape index (κ3) is 7.92. The fourth-order valence-corrected chi connectivity index (χ4v) is 11.5. The Kier molecular flexibility index (Phi) is 12.5. The second-order valence-electron chi connectivity index (χ2n) is 16.3. The molecule has 1 amide bonds. The van der Waals surface area contributed by atoms with Crippen LogP contribution in [0.15, 0.2) is 36.1 Å². The molecule has 9 atom stereocenters. The van der Waals surface area contributed by atoms with Crippen LogP contribution >= 0.6 is 23.5 Å². The minimum Gasteiger partial charge on any atom is -0.507 e. The summed E-state index contributed by atoms with van der Waals surface area (Å²) in [7, 11) is 1.52. The Hall–Kier alpha value is -3.89. The van der Waals surface area contributed by atoms with E-state index in [1.807, 2.05) is 47.6 Å². The summed E-state index contributed by atoms with van der Waals surface area (Å²) in [5.41, 5.74) is 0.474. The van der Waals surface area contributed by atoms with Crippen LogP contribution in [-0.2, 0) is 33.3 Å². The second kappa shape index (κ2) is 16.6.